The van der Waals surface area contributed by atoms with Gasteiger partial charge in [0, 0.05) is 44.6 Å². The van der Waals surface area contributed by atoms with Crippen LogP contribution < -0.4 is 0 Å². The van der Waals surface area contributed by atoms with Gasteiger partial charge in [0.05, 0.1) is 6.20 Å². The third-order valence-electron chi connectivity index (χ3n) is 4.78. The zero-order chi connectivity index (χ0) is 15.5. The lowest BCUT2D eigenvalue weighted by atomic mass is 10.0. The van der Waals surface area contributed by atoms with Crippen LogP contribution in [0.5, 0.6) is 0 Å². The summed E-state index contributed by atoms with van der Waals surface area (Å²) >= 11 is 0. The first-order chi connectivity index (χ1) is 10.6. The molecule has 1 amide bonds. The van der Waals surface area contributed by atoms with Gasteiger partial charge in [0.25, 0.3) is 5.91 Å². The number of carbonyl (C=O) groups excluding carboxylic acids is 1. The molecule has 22 heavy (non-hydrogen) atoms. The first-order valence-electron chi connectivity index (χ1n) is 8.44. The van der Waals surface area contributed by atoms with Gasteiger partial charge in [0.15, 0.2) is 0 Å². The van der Waals surface area contributed by atoms with Crippen LogP contribution in [0.15, 0.2) is 18.6 Å². The van der Waals surface area contributed by atoms with E-state index in [0.29, 0.717) is 17.7 Å². The fraction of sp³-hybridized carbons (Fsp3) is 0.706. The third-order valence-corrected chi connectivity index (χ3v) is 4.78. The van der Waals surface area contributed by atoms with Crippen LogP contribution in [0.3, 0.4) is 0 Å². The van der Waals surface area contributed by atoms with E-state index >= 15 is 0 Å². The van der Waals surface area contributed by atoms with Crippen molar-refractivity contribution >= 4 is 5.91 Å². The molecule has 0 radical (unpaired) electrons. The van der Waals surface area contributed by atoms with Gasteiger partial charge in [0.2, 0.25) is 0 Å². The van der Waals surface area contributed by atoms with Crippen LogP contribution in [-0.4, -0.2) is 57.9 Å². The highest BCUT2D eigenvalue weighted by Crippen LogP contribution is 2.31. The van der Waals surface area contributed by atoms with E-state index in [9.17, 15) is 4.79 Å². The van der Waals surface area contributed by atoms with Crippen molar-refractivity contribution in [2.45, 2.75) is 39.2 Å². The van der Waals surface area contributed by atoms with Crippen LogP contribution in [0.25, 0.3) is 0 Å². The lowest BCUT2D eigenvalue weighted by Crippen LogP contribution is -2.46. The Labute approximate surface area is 132 Å². The lowest BCUT2D eigenvalue weighted by molar-refractivity contribution is 0.0698. The zero-order valence-corrected chi connectivity index (χ0v) is 13.6. The van der Waals surface area contributed by atoms with E-state index in [1.54, 1.807) is 18.6 Å². The molecule has 1 aromatic heterocycles. The Morgan fingerprint density at radius 2 is 2.14 bits per heavy atom. The van der Waals surface area contributed by atoms with Crippen molar-refractivity contribution in [1.29, 1.82) is 0 Å². The fourth-order valence-electron chi connectivity index (χ4n) is 3.31. The van der Waals surface area contributed by atoms with Crippen LogP contribution in [-0.2, 0) is 0 Å². The molecular weight excluding hydrogens is 276 g/mol. The summed E-state index contributed by atoms with van der Waals surface area (Å²) in [6, 6.07) is 0.448. The maximum absolute atomic E-state index is 12.7. The van der Waals surface area contributed by atoms with E-state index in [2.05, 4.69) is 28.7 Å². The first kappa shape index (κ1) is 15.4. The largest absolute Gasteiger partial charge is 0.336 e. The molecular formula is C17H26N4O. The molecule has 2 heterocycles. The van der Waals surface area contributed by atoms with Gasteiger partial charge in [-0.25, -0.2) is 4.98 Å². The molecule has 1 saturated heterocycles. The molecule has 1 saturated carbocycles. The highest BCUT2D eigenvalue weighted by atomic mass is 16.2. The van der Waals surface area contributed by atoms with Gasteiger partial charge in [-0.3, -0.25) is 14.7 Å². The predicted molar refractivity (Wildman–Crippen MR) is 85.5 cm³/mol. The first-order valence-corrected chi connectivity index (χ1v) is 8.44. The summed E-state index contributed by atoms with van der Waals surface area (Å²) in [7, 11) is 0. The van der Waals surface area contributed by atoms with Gasteiger partial charge >= 0.3 is 0 Å². The van der Waals surface area contributed by atoms with Crippen molar-refractivity contribution in [3.8, 4) is 0 Å². The van der Waals surface area contributed by atoms with Gasteiger partial charge in [-0.2, -0.15) is 0 Å². The molecule has 2 fully saturated rings. The van der Waals surface area contributed by atoms with Crippen LogP contribution in [0.1, 0.15) is 43.6 Å². The topological polar surface area (TPSA) is 49.3 Å². The Bertz CT molecular complexity index is 501. The van der Waals surface area contributed by atoms with Crippen molar-refractivity contribution in [2.75, 3.05) is 26.2 Å². The third kappa shape index (κ3) is 3.64. The van der Waals surface area contributed by atoms with Gasteiger partial charge in [-0.1, -0.05) is 13.8 Å². The van der Waals surface area contributed by atoms with Crippen LogP contribution in [0, 0.1) is 11.8 Å². The number of rotatable bonds is 4. The Kier molecular flexibility index (Phi) is 4.71. The minimum atomic E-state index is 0.0204. The van der Waals surface area contributed by atoms with Crippen LogP contribution in [0.2, 0.25) is 0 Å². The van der Waals surface area contributed by atoms with E-state index in [0.717, 1.165) is 32.0 Å². The predicted octanol–water partition coefficient (Wildman–Crippen LogP) is 2.06. The maximum atomic E-state index is 12.7. The molecule has 1 aliphatic carbocycles. The summed E-state index contributed by atoms with van der Waals surface area (Å²) in [6.07, 6.45) is 8.56. The molecule has 3 rings (SSSR count). The monoisotopic (exact) mass is 302 g/mol. The zero-order valence-electron chi connectivity index (χ0n) is 13.6. The Balaban J connectivity index is 1.72. The highest BCUT2D eigenvalue weighted by molar-refractivity contribution is 5.92. The van der Waals surface area contributed by atoms with Crippen molar-refractivity contribution in [3.05, 3.63) is 24.3 Å². The normalized spacial score (nSPS) is 23.6. The molecule has 0 spiro atoms. The van der Waals surface area contributed by atoms with E-state index in [-0.39, 0.29) is 5.91 Å². The molecule has 1 aromatic rings. The van der Waals surface area contributed by atoms with E-state index < -0.39 is 0 Å². The van der Waals surface area contributed by atoms with Gasteiger partial charge < -0.3 is 4.90 Å². The SMILES string of the molecule is CC(C)[C@H]1CN(C(=O)c2cnccn2)CCCN1CC1CC1. The Hall–Kier alpha value is -1.49. The molecule has 0 N–H and O–H groups in total. The number of carbonyl (C=O) groups is 1. The fourth-order valence-corrected chi connectivity index (χ4v) is 3.31. The van der Waals surface area contributed by atoms with Gasteiger partial charge in [0.1, 0.15) is 5.69 Å². The highest BCUT2D eigenvalue weighted by Gasteiger charge is 2.33. The molecule has 0 bridgehead atoms. The molecule has 2 aliphatic rings. The minimum absolute atomic E-state index is 0.0204. The summed E-state index contributed by atoms with van der Waals surface area (Å²) in [4.78, 5) is 25.4. The number of nitrogens with zero attached hydrogens (tertiary/aromatic N) is 4. The number of hydrogen-bond acceptors (Lipinski definition) is 4. The van der Waals surface area contributed by atoms with Crippen molar-refractivity contribution < 1.29 is 4.79 Å². The minimum Gasteiger partial charge on any atom is -0.336 e. The number of hydrogen-bond donors (Lipinski definition) is 0. The average Bonchev–Trinajstić information content (AvgIpc) is 3.35. The molecule has 120 valence electrons. The van der Waals surface area contributed by atoms with E-state index in [1.807, 2.05) is 4.90 Å². The number of amides is 1. The quantitative estimate of drug-likeness (QED) is 0.854. The second-order valence-corrected chi connectivity index (χ2v) is 6.95. The van der Waals surface area contributed by atoms with Crippen LogP contribution in [0.4, 0.5) is 0 Å². The summed E-state index contributed by atoms with van der Waals surface area (Å²) < 4.78 is 0. The maximum Gasteiger partial charge on any atom is 0.274 e. The molecule has 5 nitrogen and oxygen atoms in total. The molecule has 1 atom stereocenters. The summed E-state index contributed by atoms with van der Waals surface area (Å²) in [5.41, 5.74) is 0.459. The smallest absolute Gasteiger partial charge is 0.274 e. The Morgan fingerprint density at radius 1 is 1.32 bits per heavy atom. The molecule has 0 unspecified atom stereocenters. The van der Waals surface area contributed by atoms with Crippen molar-refractivity contribution in [1.82, 2.24) is 19.8 Å². The second-order valence-electron chi connectivity index (χ2n) is 6.95. The lowest BCUT2D eigenvalue weighted by Gasteiger charge is -2.34. The summed E-state index contributed by atoms with van der Waals surface area (Å²) in [5, 5.41) is 0. The average molecular weight is 302 g/mol. The van der Waals surface area contributed by atoms with Gasteiger partial charge in [-0.15, -0.1) is 0 Å². The van der Waals surface area contributed by atoms with E-state index in [1.165, 1.54) is 19.4 Å². The summed E-state index contributed by atoms with van der Waals surface area (Å²) in [6.45, 7) is 8.46. The van der Waals surface area contributed by atoms with E-state index in [4.69, 9.17) is 0 Å². The Morgan fingerprint density at radius 3 is 2.77 bits per heavy atom. The van der Waals surface area contributed by atoms with Crippen molar-refractivity contribution in [2.24, 2.45) is 11.8 Å². The molecule has 0 aromatic carbocycles. The standard InChI is InChI=1S/C17H26N4O/c1-13(2)16-12-21(17(22)15-10-18-6-7-19-15)9-3-8-20(16)11-14-4-5-14/h6-7,10,13-14,16H,3-5,8-9,11-12H2,1-2H3/t16-/m1/s1. The number of aromatic nitrogens is 2. The second kappa shape index (κ2) is 6.73. The molecule has 1 aliphatic heterocycles. The summed E-state index contributed by atoms with van der Waals surface area (Å²) in [5.74, 6) is 1.46. The van der Waals surface area contributed by atoms with Crippen molar-refractivity contribution in [3.63, 3.8) is 0 Å². The van der Waals surface area contributed by atoms with Crippen LogP contribution >= 0.6 is 0 Å². The van der Waals surface area contributed by atoms with Gasteiger partial charge in [-0.05, 0) is 31.1 Å². The molecule has 5 heteroatoms.